The van der Waals surface area contributed by atoms with Gasteiger partial charge in [0.15, 0.2) is 0 Å². The minimum atomic E-state index is -0.606. The van der Waals surface area contributed by atoms with Crippen LogP contribution in [0, 0.1) is 0 Å². The van der Waals surface area contributed by atoms with Crippen molar-refractivity contribution in [2.24, 2.45) is 5.73 Å². The number of aromatic nitrogens is 1. The molecular weight excluding hydrogens is 262 g/mol. The summed E-state index contributed by atoms with van der Waals surface area (Å²) in [7, 11) is 1.52. The van der Waals surface area contributed by atoms with E-state index < -0.39 is 6.04 Å². The number of methoxy groups -OCH3 is 1. The van der Waals surface area contributed by atoms with Gasteiger partial charge in [0, 0.05) is 30.9 Å². The van der Waals surface area contributed by atoms with Crippen LogP contribution in [0.25, 0.3) is 0 Å². The van der Waals surface area contributed by atoms with Gasteiger partial charge in [-0.2, -0.15) is 0 Å². The molecule has 108 valence electrons. The number of carbonyl (C=O) groups is 1. The number of nitrogens with two attached hydrogens (primary N) is 1. The monoisotopic (exact) mass is 285 g/mol. The molecule has 1 unspecified atom stereocenters. The van der Waals surface area contributed by atoms with Crippen molar-refractivity contribution in [3.63, 3.8) is 0 Å². The third kappa shape index (κ3) is 5.26. The third-order valence-corrected chi connectivity index (χ3v) is 3.87. The second-order valence-corrected chi connectivity index (χ2v) is 6.35. The summed E-state index contributed by atoms with van der Waals surface area (Å²) in [6, 6.07) is -0.606. The van der Waals surface area contributed by atoms with E-state index in [1.807, 2.05) is 5.38 Å². The number of rotatable bonds is 6. The average Bonchev–Trinajstić information content (AvgIpc) is 2.77. The van der Waals surface area contributed by atoms with E-state index in [0.717, 1.165) is 17.1 Å². The largest absolute Gasteiger partial charge is 0.383 e. The van der Waals surface area contributed by atoms with E-state index in [1.165, 1.54) is 7.11 Å². The second kappa shape index (κ2) is 6.98. The number of ether oxygens (including phenoxy) is 1. The molecule has 5 nitrogen and oxygen atoms in total. The molecule has 0 aliphatic carbocycles. The Morgan fingerprint density at radius 1 is 1.58 bits per heavy atom. The van der Waals surface area contributed by atoms with Crippen molar-refractivity contribution in [3.8, 4) is 0 Å². The molecule has 0 saturated heterocycles. The number of thiazole rings is 1. The topological polar surface area (TPSA) is 77.2 Å². The summed E-state index contributed by atoms with van der Waals surface area (Å²) in [5, 5.41) is 5.94. The van der Waals surface area contributed by atoms with Crippen LogP contribution in [0.2, 0.25) is 0 Å². The van der Waals surface area contributed by atoms with Gasteiger partial charge in [-0.3, -0.25) is 4.79 Å². The maximum Gasteiger partial charge on any atom is 0.239 e. The zero-order chi connectivity index (χ0) is 14.5. The number of hydrogen-bond acceptors (Lipinski definition) is 5. The number of amides is 1. The minimum absolute atomic E-state index is 0.0764. The van der Waals surface area contributed by atoms with Gasteiger partial charge in [-0.25, -0.2) is 4.98 Å². The normalized spacial score (nSPS) is 13.3. The standard InChI is InChI=1S/C13H23N3O2S/c1-13(2,3)12-16-9(8-19-12)5-6-15-11(17)10(14)7-18-4/h8,10H,5-7,14H2,1-4H3,(H,15,17). The highest BCUT2D eigenvalue weighted by Crippen LogP contribution is 2.25. The first-order valence-electron chi connectivity index (χ1n) is 6.31. The summed E-state index contributed by atoms with van der Waals surface area (Å²) < 4.78 is 4.83. The molecule has 3 N–H and O–H groups in total. The first kappa shape index (κ1) is 16.1. The van der Waals surface area contributed by atoms with Crippen LogP contribution in [-0.2, 0) is 21.4 Å². The van der Waals surface area contributed by atoms with E-state index in [0.29, 0.717) is 6.54 Å². The summed E-state index contributed by atoms with van der Waals surface area (Å²) in [4.78, 5) is 16.1. The van der Waals surface area contributed by atoms with Crippen LogP contribution in [-0.4, -0.2) is 37.2 Å². The molecule has 1 aromatic heterocycles. The zero-order valence-electron chi connectivity index (χ0n) is 12.0. The molecule has 1 rings (SSSR count). The first-order valence-corrected chi connectivity index (χ1v) is 7.19. The molecule has 0 bridgehead atoms. The number of nitrogens with one attached hydrogen (secondary N) is 1. The van der Waals surface area contributed by atoms with Crippen LogP contribution >= 0.6 is 11.3 Å². The van der Waals surface area contributed by atoms with Gasteiger partial charge in [0.25, 0.3) is 0 Å². The van der Waals surface area contributed by atoms with Gasteiger partial charge in [-0.05, 0) is 0 Å². The predicted octanol–water partition coefficient (Wildman–Crippen LogP) is 1.07. The summed E-state index contributed by atoms with van der Waals surface area (Å²) in [6.45, 7) is 7.20. The third-order valence-electron chi connectivity index (χ3n) is 2.56. The van der Waals surface area contributed by atoms with Crippen molar-refractivity contribution in [1.29, 1.82) is 0 Å². The molecule has 1 heterocycles. The van der Waals surface area contributed by atoms with Gasteiger partial charge in [-0.1, -0.05) is 20.8 Å². The van der Waals surface area contributed by atoms with Crippen LogP contribution in [0.15, 0.2) is 5.38 Å². The second-order valence-electron chi connectivity index (χ2n) is 5.50. The molecule has 0 aromatic carbocycles. The van der Waals surface area contributed by atoms with Crippen LogP contribution in [0.1, 0.15) is 31.5 Å². The van der Waals surface area contributed by atoms with E-state index in [-0.39, 0.29) is 17.9 Å². The smallest absolute Gasteiger partial charge is 0.239 e. The lowest BCUT2D eigenvalue weighted by Gasteiger charge is -2.13. The Labute approximate surface area is 118 Å². The van der Waals surface area contributed by atoms with Crippen LogP contribution in [0.3, 0.4) is 0 Å². The molecule has 0 aliphatic rings. The Hall–Kier alpha value is -0.980. The van der Waals surface area contributed by atoms with Crippen molar-refractivity contribution < 1.29 is 9.53 Å². The van der Waals surface area contributed by atoms with Crippen molar-refractivity contribution in [1.82, 2.24) is 10.3 Å². The molecule has 0 radical (unpaired) electrons. The maximum atomic E-state index is 11.6. The predicted molar refractivity (Wildman–Crippen MR) is 77.4 cm³/mol. The van der Waals surface area contributed by atoms with E-state index in [9.17, 15) is 4.79 Å². The van der Waals surface area contributed by atoms with Crippen LogP contribution in [0.5, 0.6) is 0 Å². The SMILES string of the molecule is COCC(N)C(=O)NCCc1csc(C(C)(C)C)n1. The van der Waals surface area contributed by atoms with E-state index in [4.69, 9.17) is 10.5 Å². The minimum Gasteiger partial charge on any atom is -0.383 e. The number of hydrogen-bond donors (Lipinski definition) is 2. The molecule has 6 heteroatoms. The molecule has 19 heavy (non-hydrogen) atoms. The lowest BCUT2D eigenvalue weighted by atomic mass is 9.98. The van der Waals surface area contributed by atoms with Gasteiger partial charge in [0.2, 0.25) is 5.91 Å². The van der Waals surface area contributed by atoms with Gasteiger partial charge >= 0.3 is 0 Å². The summed E-state index contributed by atoms with van der Waals surface area (Å²) in [5.41, 5.74) is 6.70. The fourth-order valence-corrected chi connectivity index (χ4v) is 2.41. The van der Waals surface area contributed by atoms with Crippen molar-refractivity contribution >= 4 is 17.2 Å². The summed E-state index contributed by atoms with van der Waals surface area (Å²) >= 11 is 1.66. The van der Waals surface area contributed by atoms with Crippen LogP contribution in [0.4, 0.5) is 0 Å². The Bertz CT molecular complexity index is 412. The maximum absolute atomic E-state index is 11.6. The highest BCUT2D eigenvalue weighted by atomic mass is 32.1. The van der Waals surface area contributed by atoms with Gasteiger partial charge in [0.1, 0.15) is 6.04 Å². The highest BCUT2D eigenvalue weighted by Gasteiger charge is 2.18. The Morgan fingerprint density at radius 2 is 2.26 bits per heavy atom. The Kier molecular flexibility index (Phi) is 5.90. The Balaban J connectivity index is 2.37. The van der Waals surface area contributed by atoms with Crippen LogP contribution < -0.4 is 11.1 Å². The molecule has 0 fully saturated rings. The molecule has 0 spiro atoms. The number of nitrogens with zero attached hydrogens (tertiary/aromatic N) is 1. The lowest BCUT2D eigenvalue weighted by molar-refractivity contribution is -0.123. The highest BCUT2D eigenvalue weighted by molar-refractivity contribution is 7.09. The molecule has 0 saturated carbocycles. The average molecular weight is 285 g/mol. The first-order chi connectivity index (χ1) is 8.84. The van der Waals surface area contributed by atoms with Crippen molar-refractivity contribution in [2.45, 2.75) is 38.6 Å². The molecule has 1 amide bonds. The molecule has 1 aromatic rings. The van der Waals surface area contributed by atoms with Gasteiger partial charge < -0.3 is 15.8 Å². The summed E-state index contributed by atoms with van der Waals surface area (Å²) in [5.74, 6) is -0.187. The van der Waals surface area contributed by atoms with E-state index in [1.54, 1.807) is 11.3 Å². The van der Waals surface area contributed by atoms with Gasteiger partial charge in [0.05, 0.1) is 17.3 Å². The fourth-order valence-electron chi connectivity index (χ4n) is 1.47. The van der Waals surface area contributed by atoms with Crippen molar-refractivity contribution in [2.75, 3.05) is 20.3 Å². The quantitative estimate of drug-likeness (QED) is 0.819. The zero-order valence-corrected chi connectivity index (χ0v) is 12.8. The molecular formula is C13H23N3O2S. The lowest BCUT2D eigenvalue weighted by Crippen LogP contribution is -2.44. The summed E-state index contributed by atoms with van der Waals surface area (Å²) in [6.07, 6.45) is 0.720. The molecule has 0 aliphatic heterocycles. The fraction of sp³-hybridized carbons (Fsp3) is 0.692. The van der Waals surface area contributed by atoms with Gasteiger partial charge in [-0.15, -0.1) is 11.3 Å². The van der Waals surface area contributed by atoms with Crippen molar-refractivity contribution in [3.05, 3.63) is 16.1 Å². The Morgan fingerprint density at radius 3 is 2.79 bits per heavy atom. The molecule has 1 atom stereocenters. The number of carbonyl (C=O) groups excluding carboxylic acids is 1. The van der Waals surface area contributed by atoms with E-state index in [2.05, 4.69) is 31.1 Å². The van der Waals surface area contributed by atoms with E-state index >= 15 is 0 Å².